The van der Waals surface area contributed by atoms with E-state index in [2.05, 4.69) is 13.8 Å². The Kier molecular flexibility index (Phi) is 2.80. The Morgan fingerprint density at radius 1 is 1.14 bits per heavy atom. The zero-order valence-electron chi connectivity index (χ0n) is 13.0. The van der Waals surface area contributed by atoms with Gasteiger partial charge in [0, 0.05) is 18.6 Å². The molecule has 1 heterocycles. The summed E-state index contributed by atoms with van der Waals surface area (Å²) in [5.74, 6) is 0.550. The number of nitrogens with zero attached hydrogens (tertiary/aromatic N) is 1. The second kappa shape index (κ2) is 4.42. The lowest BCUT2D eigenvalue weighted by atomic mass is 9.44. The minimum atomic E-state index is -0.192. The van der Waals surface area contributed by atoms with E-state index in [4.69, 9.17) is 0 Å². The van der Waals surface area contributed by atoms with Crippen LogP contribution in [0.3, 0.4) is 0 Å². The van der Waals surface area contributed by atoms with E-state index in [0.717, 1.165) is 12.8 Å². The molecule has 3 fully saturated rings. The summed E-state index contributed by atoms with van der Waals surface area (Å²) in [6, 6.07) is 6.86. The van der Waals surface area contributed by atoms with Crippen molar-refractivity contribution >= 4 is 11.8 Å². The van der Waals surface area contributed by atoms with Gasteiger partial charge in [-0.3, -0.25) is 14.5 Å². The maximum atomic E-state index is 12.7. The summed E-state index contributed by atoms with van der Waals surface area (Å²) in [6.45, 7) is 4.53. The van der Waals surface area contributed by atoms with Crippen molar-refractivity contribution in [3.05, 3.63) is 35.4 Å². The number of benzene rings is 1. The van der Waals surface area contributed by atoms with E-state index >= 15 is 0 Å². The first-order valence-corrected chi connectivity index (χ1v) is 8.04. The number of imide groups is 1. The fourth-order valence-electron chi connectivity index (χ4n) is 4.97. The molecule has 4 unspecified atom stereocenters. The Morgan fingerprint density at radius 3 is 2.23 bits per heavy atom. The van der Waals surface area contributed by atoms with Crippen molar-refractivity contribution in [2.45, 2.75) is 32.7 Å². The van der Waals surface area contributed by atoms with Crippen molar-refractivity contribution in [2.24, 2.45) is 23.2 Å². The molecular formula is C18H21NO3. The summed E-state index contributed by atoms with van der Waals surface area (Å²) in [7, 11) is 0. The highest BCUT2D eigenvalue weighted by Crippen LogP contribution is 2.62. The average molecular weight is 299 g/mol. The van der Waals surface area contributed by atoms with Crippen LogP contribution >= 0.6 is 0 Å². The number of hydrogen-bond acceptors (Lipinski definition) is 3. The van der Waals surface area contributed by atoms with Crippen molar-refractivity contribution in [3.63, 3.8) is 0 Å². The highest BCUT2D eigenvalue weighted by Gasteiger charge is 2.60. The van der Waals surface area contributed by atoms with Crippen LogP contribution in [0.4, 0.5) is 0 Å². The van der Waals surface area contributed by atoms with Crippen LogP contribution in [0.1, 0.15) is 47.4 Å². The molecule has 5 rings (SSSR count). The van der Waals surface area contributed by atoms with Crippen molar-refractivity contribution in [2.75, 3.05) is 6.61 Å². The Labute approximate surface area is 130 Å². The highest BCUT2D eigenvalue weighted by molar-refractivity contribution is 6.21. The van der Waals surface area contributed by atoms with Crippen LogP contribution in [0.5, 0.6) is 0 Å². The molecule has 1 aromatic carbocycles. The van der Waals surface area contributed by atoms with Crippen LogP contribution in [0.25, 0.3) is 0 Å². The van der Waals surface area contributed by atoms with Crippen molar-refractivity contribution in [3.8, 4) is 0 Å². The molecule has 3 aliphatic carbocycles. The van der Waals surface area contributed by atoms with E-state index < -0.39 is 0 Å². The number of rotatable bonds is 2. The molecule has 4 atom stereocenters. The Balaban J connectivity index is 1.69. The van der Waals surface area contributed by atoms with Gasteiger partial charge < -0.3 is 5.11 Å². The SMILES string of the molecule is CC1(C)C2CC(N3C(=O)c4ccccc4C3=O)C(CO)C1C2. The van der Waals surface area contributed by atoms with E-state index in [1.807, 2.05) is 0 Å². The summed E-state index contributed by atoms with van der Waals surface area (Å²) >= 11 is 0. The van der Waals surface area contributed by atoms with Crippen LogP contribution in [0, 0.1) is 23.2 Å². The summed E-state index contributed by atoms with van der Waals surface area (Å²) in [5, 5.41) is 9.89. The molecular weight excluding hydrogens is 278 g/mol. The molecule has 2 bridgehead atoms. The smallest absolute Gasteiger partial charge is 0.261 e. The molecule has 2 amide bonds. The Hall–Kier alpha value is -1.68. The summed E-state index contributed by atoms with van der Waals surface area (Å²) < 4.78 is 0. The van der Waals surface area contributed by atoms with Gasteiger partial charge in [-0.1, -0.05) is 26.0 Å². The zero-order chi connectivity index (χ0) is 15.6. The molecule has 22 heavy (non-hydrogen) atoms. The molecule has 1 aromatic rings. The van der Waals surface area contributed by atoms with Crippen LogP contribution in [-0.4, -0.2) is 34.5 Å². The maximum Gasteiger partial charge on any atom is 0.261 e. The normalized spacial score (nSPS) is 35.3. The molecule has 0 saturated heterocycles. The first-order chi connectivity index (χ1) is 10.5. The van der Waals surface area contributed by atoms with Crippen molar-refractivity contribution in [1.29, 1.82) is 0 Å². The Bertz CT molecular complexity index is 631. The number of carbonyl (C=O) groups is 2. The first-order valence-electron chi connectivity index (χ1n) is 8.04. The minimum absolute atomic E-state index is 0.00205. The second-order valence-electron chi connectivity index (χ2n) is 7.54. The third-order valence-corrected chi connectivity index (χ3v) is 6.45. The standard InChI is InChI=1S/C18H21NO3/c1-18(2)10-7-14(18)13(9-20)15(8-10)19-16(21)11-5-3-4-6-12(11)17(19)22/h3-6,10,13-15,20H,7-9H2,1-2H3. The lowest BCUT2D eigenvalue weighted by molar-refractivity contribution is -0.144. The number of amides is 2. The van der Waals surface area contributed by atoms with Crippen LogP contribution in [-0.2, 0) is 0 Å². The number of hydrogen-bond donors (Lipinski definition) is 1. The third kappa shape index (κ3) is 1.56. The van der Waals surface area contributed by atoms with Gasteiger partial charge in [0.25, 0.3) is 11.8 Å². The van der Waals surface area contributed by atoms with Gasteiger partial charge in [0.2, 0.25) is 0 Å². The van der Waals surface area contributed by atoms with Gasteiger partial charge in [-0.05, 0) is 42.2 Å². The number of carbonyl (C=O) groups excluding carboxylic acids is 2. The van der Waals surface area contributed by atoms with Gasteiger partial charge >= 0.3 is 0 Å². The lowest BCUT2D eigenvalue weighted by Crippen LogP contribution is -2.63. The Morgan fingerprint density at radius 2 is 1.73 bits per heavy atom. The summed E-state index contributed by atoms with van der Waals surface area (Å²) in [5.41, 5.74) is 1.22. The van der Waals surface area contributed by atoms with E-state index in [1.165, 1.54) is 4.90 Å². The predicted octanol–water partition coefficient (Wildman–Crippen LogP) is 2.33. The molecule has 0 spiro atoms. The fourth-order valence-corrected chi connectivity index (χ4v) is 4.97. The number of aliphatic hydroxyl groups excluding tert-OH is 1. The molecule has 4 aliphatic rings. The van der Waals surface area contributed by atoms with E-state index in [9.17, 15) is 14.7 Å². The largest absolute Gasteiger partial charge is 0.396 e. The molecule has 0 radical (unpaired) electrons. The molecule has 1 N–H and O–H groups in total. The first kappa shape index (κ1) is 13.9. The molecule has 0 aromatic heterocycles. The average Bonchev–Trinajstić information content (AvgIpc) is 2.78. The molecule has 4 heteroatoms. The predicted molar refractivity (Wildman–Crippen MR) is 81.3 cm³/mol. The topological polar surface area (TPSA) is 57.6 Å². The second-order valence-corrected chi connectivity index (χ2v) is 7.54. The monoisotopic (exact) mass is 299 g/mol. The molecule has 116 valence electrons. The third-order valence-electron chi connectivity index (χ3n) is 6.45. The lowest BCUT2D eigenvalue weighted by Gasteiger charge is -2.63. The van der Waals surface area contributed by atoms with Gasteiger partial charge in [0.05, 0.1) is 11.1 Å². The minimum Gasteiger partial charge on any atom is -0.396 e. The fraction of sp³-hybridized carbons (Fsp3) is 0.556. The van der Waals surface area contributed by atoms with E-state index in [0.29, 0.717) is 23.0 Å². The van der Waals surface area contributed by atoms with Gasteiger partial charge in [-0.15, -0.1) is 0 Å². The van der Waals surface area contributed by atoms with Crippen molar-refractivity contribution in [1.82, 2.24) is 4.90 Å². The highest BCUT2D eigenvalue weighted by atomic mass is 16.3. The quantitative estimate of drug-likeness (QED) is 0.853. The van der Waals surface area contributed by atoms with Gasteiger partial charge in [-0.2, -0.15) is 0 Å². The van der Waals surface area contributed by atoms with E-state index in [1.54, 1.807) is 24.3 Å². The van der Waals surface area contributed by atoms with Crippen LogP contribution < -0.4 is 0 Å². The van der Waals surface area contributed by atoms with Crippen molar-refractivity contribution < 1.29 is 14.7 Å². The van der Waals surface area contributed by atoms with Gasteiger partial charge in [0.1, 0.15) is 0 Å². The summed E-state index contributed by atoms with van der Waals surface area (Å²) in [4.78, 5) is 26.8. The molecule has 1 aliphatic heterocycles. The molecule has 4 nitrogen and oxygen atoms in total. The van der Waals surface area contributed by atoms with Gasteiger partial charge in [-0.25, -0.2) is 0 Å². The van der Waals surface area contributed by atoms with Crippen LogP contribution in [0.2, 0.25) is 0 Å². The van der Waals surface area contributed by atoms with Crippen LogP contribution in [0.15, 0.2) is 24.3 Å². The number of fused-ring (bicyclic) bond motifs is 3. The number of aliphatic hydroxyl groups is 1. The summed E-state index contributed by atoms with van der Waals surface area (Å²) in [6.07, 6.45) is 1.93. The van der Waals surface area contributed by atoms with E-state index in [-0.39, 0.29) is 35.8 Å². The zero-order valence-corrected chi connectivity index (χ0v) is 13.0. The molecule has 3 saturated carbocycles. The maximum absolute atomic E-state index is 12.7. The van der Waals surface area contributed by atoms with Gasteiger partial charge in [0.15, 0.2) is 0 Å².